The quantitative estimate of drug-likeness (QED) is 0.433. The van der Waals surface area contributed by atoms with Gasteiger partial charge in [-0.2, -0.15) is 0 Å². The van der Waals surface area contributed by atoms with E-state index in [9.17, 15) is 9.59 Å². The molecule has 0 aliphatic heterocycles. The van der Waals surface area contributed by atoms with E-state index in [1.807, 2.05) is 6.92 Å². The summed E-state index contributed by atoms with van der Waals surface area (Å²) in [5.74, 6) is 0. The van der Waals surface area contributed by atoms with Crippen molar-refractivity contribution in [3.8, 4) is 0 Å². The van der Waals surface area contributed by atoms with E-state index in [0.717, 1.165) is 11.9 Å². The van der Waals surface area contributed by atoms with Gasteiger partial charge in [0.05, 0.1) is 0 Å². The first-order valence-corrected chi connectivity index (χ1v) is 3.02. The lowest BCUT2D eigenvalue weighted by atomic mass is 10.2. The Morgan fingerprint density at radius 2 is 2.00 bits per heavy atom. The van der Waals surface area contributed by atoms with E-state index in [-0.39, 0.29) is 0 Å². The van der Waals surface area contributed by atoms with Crippen molar-refractivity contribution < 1.29 is 9.59 Å². The molecule has 0 unspecified atom stereocenters. The number of allylic oxidation sites excluding steroid dienone is 4. The van der Waals surface area contributed by atoms with Crippen LogP contribution in [0.5, 0.6) is 0 Å². The van der Waals surface area contributed by atoms with E-state index in [0.29, 0.717) is 12.7 Å². The molecule has 0 aromatic rings. The number of carbonyl (C=O) groups excluding carboxylic acids is 2. The predicted molar refractivity (Wildman–Crippen MR) is 39.6 cm³/mol. The molecule has 2 nitrogen and oxygen atoms in total. The van der Waals surface area contributed by atoms with E-state index in [2.05, 4.69) is 0 Å². The molecule has 0 heterocycles. The smallest absolute Gasteiger partial charge is 0.142 e. The van der Waals surface area contributed by atoms with E-state index in [1.165, 1.54) is 12.2 Å². The minimum Gasteiger partial charge on any atom is -0.299 e. The van der Waals surface area contributed by atoms with Crippen LogP contribution in [0.4, 0.5) is 0 Å². The molecule has 10 heavy (non-hydrogen) atoms. The molecule has 0 aliphatic carbocycles. The van der Waals surface area contributed by atoms with Gasteiger partial charge in [-0.1, -0.05) is 11.6 Å². The summed E-state index contributed by atoms with van der Waals surface area (Å²) < 4.78 is 0. The van der Waals surface area contributed by atoms with Gasteiger partial charge in [0.15, 0.2) is 0 Å². The minimum absolute atomic E-state index is 0.664. The molecule has 0 fully saturated rings. The molecule has 0 aliphatic rings. The van der Waals surface area contributed by atoms with Gasteiger partial charge in [0.25, 0.3) is 0 Å². The van der Waals surface area contributed by atoms with Crippen molar-refractivity contribution in [1.29, 1.82) is 0 Å². The lowest BCUT2D eigenvalue weighted by molar-refractivity contribution is -0.104. The van der Waals surface area contributed by atoms with Crippen LogP contribution in [0.3, 0.4) is 0 Å². The summed E-state index contributed by atoms with van der Waals surface area (Å²) in [6.45, 7) is 1.84. The third-order valence-electron chi connectivity index (χ3n) is 1.01. The van der Waals surface area contributed by atoms with Gasteiger partial charge in [-0.3, -0.25) is 9.59 Å². The second kappa shape index (κ2) is 5.95. The van der Waals surface area contributed by atoms with Crippen LogP contribution in [0.15, 0.2) is 23.8 Å². The van der Waals surface area contributed by atoms with Crippen molar-refractivity contribution in [2.24, 2.45) is 0 Å². The van der Waals surface area contributed by atoms with Crippen LogP contribution in [-0.2, 0) is 9.59 Å². The van der Waals surface area contributed by atoms with E-state index in [4.69, 9.17) is 0 Å². The molecule has 0 saturated carbocycles. The highest BCUT2D eigenvalue weighted by Gasteiger charge is 1.81. The van der Waals surface area contributed by atoms with E-state index in [1.54, 1.807) is 6.08 Å². The maximum Gasteiger partial charge on any atom is 0.142 e. The van der Waals surface area contributed by atoms with Crippen molar-refractivity contribution in [3.05, 3.63) is 23.8 Å². The van der Waals surface area contributed by atoms with Crippen LogP contribution in [0.1, 0.15) is 13.3 Å². The molecular weight excluding hydrogens is 128 g/mol. The monoisotopic (exact) mass is 138 g/mol. The van der Waals surface area contributed by atoms with E-state index >= 15 is 0 Å². The number of hydrogen-bond donors (Lipinski definition) is 0. The van der Waals surface area contributed by atoms with Gasteiger partial charge in [-0.15, -0.1) is 0 Å². The molecular formula is C8H10O2. The SMILES string of the molecule is CC(=CC=O)C/C=C/C=O. The maximum absolute atomic E-state index is 9.88. The fraction of sp³-hybridized carbons (Fsp3) is 0.250. The molecule has 0 radical (unpaired) electrons. The Kier molecular flexibility index (Phi) is 5.25. The number of hydrogen-bond acceptors (Lipinski definition) is 2. The summed E-state index contributed by atoms with van der Waals surface area (Å²) in [6, 6.07) is 0. The zero-order valence-corrected chi connectivity index (χ0v) is 5.91. The van der Waals surface area contributed by atoms with Gasteiger partial charge in [0, 0.05) is 0 Å². The molecule has 0 aromatic heterocycles. The molecule has 0 rings (SSSR count). The Labute approximate surface area is 60.2 Å². The third-order valence-corrected chi connectivity index (χ3v) is 1.01. The Morgan fingerprint density at radius 1 is 1.30 bits per heavy atom. The van der Waals surface area contributed by atoms with Crippen molar-refractivity contribution in [3.63, 3.8) is 0 Å². The molecule has 0 spiro atoms. The second-order valence-corrected chi connectivity index (χ2v) is 1.92. The average Bonchev–Trinajstić information content (AvgIpc) is 1.89. The van der Waals surface area contributed by atoms with Crippen LogP contribution in [0.25, 0.3) is 0 Å². The highest BCUT2D eigenvalue weighted by atomic mass is 16.1. The maximum atomic E-state index is 9.88. The molecule has 54 valence electrons. The van der Waals surface area contributed by atoms with Crippen molar-refractivity contribution in [1.82, 2.24) is 0 Å². The zero-order chi connectivity index (χ0) is 7.82. The number of aldehydes is 2. The molecule has 0 amide bonds. The Hall–Kier alpha value is -1.18. The second-order valence-electron chi connectivity index (χ2n) is 1.92. The van der Waals surface area contributed by atoms with Crippen molar-refractivity contribution >= 4 is 12.6 Å². The van der Waals surface area contributed by atoms with Crippen molar-refractivity contribution in [2.45, 2.75) is 13.3 Å². The highest BCUT2D eigenvalue weighted by molar-refractivity contribution is 5.66. The molecule has 0 bridgehead atoms. The molecule has 2 heteroatoms. The third kappa shape index (κ3) is 4.97. The molecule has 0 N–H and O–H groups in total. The summed E-state index contributed by atoms with van der Waals surface area (Å²) in [5, 5.41) is 0. The van der Waals surface area contributed by atoms with Crippen LogP contribution < -0.4 is 0 Å². The number of carbonyl (C=O) groups is 2. The largest absolute Gasteiger partial charge is 0.299 e. The summed E-state index contributed by atoms with van der Waals surface area (Å²) in [4.78, 5) is 19.6. The summed E-state index contributed by atoms with van der Waals surface area (Å²) in [6.07, 6.45) is 6.73. The van der Waals surface area contributed by atoms with E-state index < -0.39 is 0 Å². The minimum atomic E-state index is 0.664. The van der Waals surface area contributed by atoms with Crippen LogP contribution >= 0.6 is 0 Å². The predicted octanol–water partition coefficient (Wildman–Crippen LogP) is 1.28. The van der Waals surface area contributed by atoms with Crippen LogP contribution in [-0.4, -0.2) is 12.6 Å². The van der Waals surface area contributed by atoms with Crippen molar-refractivity contribution in [2.75, 3.05) is 0 Å². The van der Waals surface area contributed by atoms with Gasteiger partial charge in [0.1, 0.15) is 12.6 Å². The van der Waals surface area contributed by atoms with Crippen LogP contribution in [0.2, 0.25) is 0 Å². The highest BCUT2D eigenvalue weighted by Crippen LogP contribution is 1.97. The fourth-order valence-electron chi connectivity index (χ4n) is 0.494. The Balaban J connectivity index is 3.67. The van der Waals surface area contributed by atoms with Gasteiger partial charge < -0.3 is 0 Å². The lowest BCUT2D eigenvalue weighted by Crippen LogP contribution is -1.73. The Morgan fingerprint density at radius 3 is 2.50 bits per heavy atom. The topological polar surface area (TPSA) is 34.1 Å². The van der Waals surface area contributed by atoms with Crippen LogP contribution in [0, 0.1) is 0 Å². The molecule has 0 atom stereocenters. The number of rotatable bonds is 4. The zero-order valence-electron chi connectivity index (χ0n) is 5.91. The normalized spacial score (nSPS) is 11.9. The summed E-state index contributed by atoms with van der Waals surface area (Å²) in [5.41, 5.74) is 0.952. The standard InChI is InChI=1S/C8H10O2/c1-8(5-7-10)4-2-3-6-9/h2-3,5-7H,4H2,1H3/b3-2+,8-5?. The Bertz CT molecular complexity index is 166. The van der Waals surface area contributed by atoms with Gasteiger partial charge in [-0.05, 0) is 25.5 Å². The molecule has 0 saturated heterocycles. The fourth-order valence-corrected chi connectivity index (χ4v) is 0.494. The van der Waals surface area contributed by atoms with Gasteiger partial charge >= 0.3 is 0 Å². The lowest BCUT2D eigenvalue weighted by Gasteiger charge is -1.88. The summed E-state index contributed by atoms with van der Waals surface area (Å²) in [7, 11) is 0. The average molecular weight is 138 g/mol. The summed E-state index contributed by atoms with van der Waals surface area (Å²) >= 11 is 0. The van der Waals surface area contributed by atoms with Gasteiger partial charge in [0.2, 0.25) is 0 Å². The first-order valence-electron chi connectivity index (χ1n) is 3.02. The first-order chi connectivity index (χ1) is 4.81. The molecule has 0 aromatic carbocycles. The van der Waals surface area contributed by atoms with Gasteiger partial charge in [-0.25, -0.2) is 0 Å². The first kappa shape index (κ1) is 8.82.